The van der Waals surface area contributed by atoms with E-state index in [4.69, 9.17) is 0 Å². The van der Waals surface area contributed by atoms with Crippen LogP contribution in [0.1, 0.15) is 60.5 Å². The summed E-state index contributed by atoms with van der Waals surface area (Å²) in [4.78, 5) is 0. The first-order chi connectivity index (χ1) is 10.0. The number of rotatable bonds is 5. The molecule has 0 aliphatic rings. The fourth-order valence-electron chi connectivity index (χ4n) is 2.77. The molecule has 1 unspecified atom stereocenters. The van der Waals surface area contributed by atoms with E-state index in [0.29, 0.717) is 5.92 Å². The van der Waals surface area contributed by atoms with Crippen molar-refractivity contribution in [2.75, 3.05) is 6.54 Å². The minimum atomic E-state index is 0.274. The summed E-state index contributed by atoms with van der Waals surface area (Å²) in [6, 6.07) is 15.9. The molecule has 2 rings (SSSR count). The average molecular weight is 281 g/mol. The molecular formula is C20H27N. The maximum Gasteiger partial charge on any atom is 0.0579 e. The summed E-state index contributed by atoms with van der Waals surface area (Å²) in [5.41, 5.74) is 6.87. The fraction of sp³-hybridized carbons (Fsp3) is 0.400. The molecule has 1 nitrogen and oxygen atoms in total. The van der Waals surface area contributed by atoms with Gasteiger partial charge >= 0.3 is 0 Å². The predicted octanol–water partition coefficient (Wildman–Crippen LogP) is 5.13. The zero-order chi connectivity index (χ0) is 15.4. The summed E-state index contributed by atoms with van der Waals surface area (Å²) in [5.74, 6) is 0.581. The normalized spacial score (nSPS) is 12.7. The molecule has 0 amide bonds. The second kappa shape index (κ2) is 6.91. The van der Waals surface area contributed by atoms with Crippen LogP contribution in [0.2, 0.25) is 0 Å². The van der Waals surface area contributed by atoms with Crippen LogP contribution in [0, 0.1) is 13.8 Å². The third-order valence-electron chi connectivity index (χ3n) is 4.30. The Balaban J connectivity index is 2.41. The quantitative estimate of drug-likeness (QED) is 0.801. The van der Waals surface area contributed by atoms with E-state index < -0.39 is 0 Å². The summed E-state index contributed by atoms with van der Waals surface area (Å²) in [7, 11) is 0. The van der Waals surface area contributed by atoms with Crippen LogP contribution in [0.3, 0.4) is 0 Å². The van der Waals surface area contributed by atoms with Crippen LogP contribution in [-0.4, -0.2) is 6.54 Å². The summed E-state index contributed by atoms with van der Waals surface area (Å²) in [5, 5.41) is 3.63. The Kier molecular flexibility index (Phi) is 5.19. The molecule has 1 heteroatoms. The van der Waals surface area contributed by atoms with Gasteiger partial charge in [0, 0.05) is 0 Å². The Labute approximate surface area is 129 Å². The minimum Gasteiger partial charge on any atom is -0.307 e. The molecule has 0 heterocycles. The van der Waals surface area contributed by atoms with Crippen LogP contribution in [-0.2, 0) is 0 Å². The van der Waals surface area contributed by atoms with Gasteiger partial charge in [-0.3, -0.25) is 0 Å². The van der Waals surface area contributed by atoms with Crippen molar-refractivity contribution in [3.63, 3.8) is 0 Å². The molecule has 0 aliphatic heterocycles. The first kappa shape index (κ1) is 15.8. The number of aryl methyl sites for hydroxylation is 1. The van der Waals surface area contributed by atoms with E-state index in [1.165, 1.54) is 27.8 Å². The van der Waals surface area contributed by atoms with E-state index in [1.54, 1.807) is 0 Å². The molecule has 0 bridgehead atoms. The van der Waals surface area contributed by atoms with Gasteiger partial charge in [0.2, 0.25) is 0 Å². The summed E-state index contributed by atoms with van der Waals surface area (Å²) in [6.45, 7) is 12.0. The zero-order valence-corrected chi connectivity index (χ0v) is 13.9. The highest BCUT2D eigenvalue weighted by atomic mass is 14.9. The lowest BCUT2D eigenvalue weighted by molar-refractivity contribution is 0.626. The van der Waals surface area contributed by atoms with Gasteiger partial charge in [-0.05, 0) is 54.1 Å². The highest BCUT2D eigenvalue weighted by Gasteiger charge is 2.16. The molecule has 1 N–H and O–H groups in total. The van der Waals surface area contributed by atoms with Gasteiger partial charge in [0.05, 0.1) is 6.04 Å². The lowest BCUT2D eigenvalue weighted by Crippen LogP contribution is -2.23. The average Bonchev–Trinajstić information content (AvgIpc) is 2.48. The van der Waals surface area contributed by atoms with E-state index in [-0.39, 0.29) is 6.04 Å². The third-order valence-corrected chi connectivity index (χ3v) is 4.30. The van der Waals surface area contributed by atoms with Crippen LogP contribution >= 0.6 is 0 Å². The molecule has 21 heavy (non-hydrogen) atoms. The molecule has 0 saturated heterocycles. The van der Waals surface area contributed by atoms with E-state index in [1.807, 2.05) is 0 Å². The summed E-state index contributed by atoms with van der Waals surface area (Å²) in [6.07, 6.45) is 0. The fourth-order valence-corrected chi connectivity index (χ4v) is 2.77. The van der Waals surface area contributed by atoms with Crippen LogP contribution in [0.25, 0.3) is 0 Å². The van der Waals surface area contributed by atoms with Crippen molar-refractivity contribution in [1.29, 1.82) is 0 Å². The Morgan fingerprint density at radius 3 is 2.10 bits per heavy atom. The standard InChI is InChI=1S/C20H27N/c1-6-21-20(19-9-7-8-15(4)16(19)5)18-12-10-17(11-13-18)14(2)3/h7-14,20-21H,6H2,1-5H3. The van der Waals surface area contributed by atoms with Crippen molar-refractivity contribution in [2.45, 2.75) is 46.6 Å². The lowest BCUT2D eigenvalue weighted by Gasteiger charge is -2.22. The summed E-state index contributed by atoms with van der Waals surface area (Å²) < 4.78 is 0. The second-order valence-electron chi connectivity index (χ2n) is 6.10. The molecule has 2 aromatic carbocycles. The van der Waals surface area contributed by atoms with Gasteiger partial charge in [-0.1, -0.05) is 63.2 Å². The van der Waals surface area contributed by atoms with Crippen molar-refractivity contribution in [2.24, 2.45) is 0 Å². The number of hydrogen-bond donors (Lipinski definition) is 1. The van der Waals surface area contributed by atoms with Crippen molar-refractivity contribution in [3.05, 3.63) is 70.3 Å². The zero-order valence-electron chi connectivity index (χ0n) is 13.9. The smallest absolute Gasteiger partial charge is 0.0579 e. The van der Waals surface area contributed by atoms with Gasteiger partial charge in [0.15, 0.2) is 0 Å². The molecule has 1 atom stereocenters. The van der Waals surface area contributed by atoms with Crippen LogP contribution in [0.5, 0.6) is 0 Å². The molecular weight excluding hydrogens is 254 g/mol. The van der Waals surface area contributed by atoms with Crippen molar-refractivity contribution in [1.82, 2.24) is 5.32 Å². The van der Waals surface area contributed by atoms with Crippen LogP contribution in [0.15, 0.2) is 42.5 Å². The van der Waals surface area contributed by atoms with Gasteiger partial charge < -0.3 is 5.32 Å². The number of hydrogen-bond acceptors (Lipinski definition) is 1. The molecule has 0 saturated carbocycles. The number of benzene rings is 2. The molecule has 0 fully saturated rings. The van der Waals surface area contributed by atoms with E-state index in [9.17, 15) is 0 Å². The Morgan fingerprint density at radius 2 is 1.52 bits per heavy atom. The summed E-state index contributed by atoms with van der Waals surface area (Å²) >= 11 is 0. The van der Waals surface area contributed by atoms with Gasteiger partial charge in [-0.25, -0.2) is 0 Å². The van der Waals surface area contributed by atoms with Crippen molar-refractivity contribution in [3.8, 4) is 0 Å². The molecule has 0 aromatic heterocycles. The number of nitrogens with one attached hydrogen (secondary N) is 1. The van der Waals surface area contributed by atoms with E-state index >= 15 is 0 Å². The predicted molar refractivity (Wildman–Crippen MR) is 92.0 cm³/mol. The lowest BCUT2D eigenvalue weighted by atomic mass is 9.91. The monoisotopic (exact) mass is 281 g/mol. The minimum absolute atomic E-state index is 0.274. The molecule has 0 spiro atoms. The molecule has 0 radical (unpaired) electrons. The molecule has 0 aliphatic carbocycles. The Hall–Kier alpha value is -1.60. The van der Waals surface area contributed by atoms with Gasteiger partial charge in [0.1, 0.15) is 0 Å². The Bertz CT molecular complexity index is 581. The van der Waals surface area contributed by atoms with Gasteiger partial charge in [-0.2, -0.15) is 0 Å². The Morgan fingerprint density at radius 1 is 0.905 bits per heavy atom. The van der Waals surface area contributed by atoms with Crippen LogP contribution in [0.4, 0.5) is 0 Å². The third kappa shape index (κ3) is 3.54. The van der Waals surface area contributed by atoms with Gasteiger partial charge in [0.25, 0.3) is 0 Å². The highest BCUT2D eigenvalue weighted by molar-refractivity contribution is 5.41. The molecule has 2 aromatic rings. The largest absolute Gasteiger partial charge is 0.307 e. The second-order valence-corrected chi connectivity index (χ2v) is 6.10. The SMILES string of the molecule is CCNC(c1ccc(C(C)C)cc1)c1cccc(C)c1C. The maximum atomic E-state index is 3.63. The van der Waals surface area contributed by atoms with Crippen LogP contribution < -0.4 is 5.32 Å². The van der Waals surface area contributed by atoms with Crippen molar-refractivity contribution < 1.29 is 0 Å². The van der Waals surface area contributed by atoms with Gasteiger partial charge in [-0.15, -0.1) is 0 Å². The first-order valence-electron chi connectivity index (χ1n) is 7.94. The maximum absolute atomic E-state index is 3.63. The van der Waals surface area contributed by atoms with Crippen molar-refractivity contribution >= 4 is 0 Å². The first-order valence-corrected chi connectivity index (χ1v) is 7.94. The van der Waals surface area contributed by atoms with E-state index in [0.717, 1.165) is 6.54 Å². The van der Waals surface area contributed by atoms with E-state index in [2.05, 4.69) is 82.4 Å². The molecule has 112 valence electrons. The highest BCUT2D eigenvalue weighted by Crippen LogP contribution is 2.27. The topological polar surface area (TPSA) is 12.0 Å².